The first-order valence-corrected chi connectivity index (χ1v) is 9.63. The smallest absolute Gasteiger partial charge is 0.191 e. The quantitative estimate of drug-likeness (QED) is 0.237. The van der Waals surface area contributed by atoms with Crippen molar-refractivity contribution < 1.29 is 4.42 Å². The summed E-state index contributed by atoms with van der Waals surface area (Å²) in [4.78, 5) is 4.58. The number of furan rings is 1. The first-order valence-electron chi connectivity index (χ1n) is 8.23. The molecule has 0 unspecified atom stereocenters. The Morgan fingerprint density at radius 3 is 2.92 bits per heavy atom. The summed E-state index contributed by atoms with van der Waals surface area (Å²) in [6.07, 6.45) is 7.54. The van der Waals surface area contributed by atoms with Crippen LogP contribution in [-0.2, 0) is 19.5 Å². The first kappa shape index (κ1) is 21.8. The number of rotatable bonds is 10. The van der Waals surface area contributed by atoms with Gasteiger partial charge in [-0.05, 0) is 30.6 Å². The van der Waals surface area contributed by atoms with Crippen LogP contribution in [0.2, 0.25) is 0 Å². The maximum Gasteiger partial charge on any atom is 0.191 e. The van der Waals surface area contributed by atoms with E-state index in [1.807, 2.05) is 23.9 Å². The first-order chi connectivity index (χ1) is 11.8. The maximum atomic E-state index is 5.33. The molecule has 7 nitrogen and oxygen atoms in total. The minimum absolute atomic E-state index is 0. The largest absolute Gasteiger partial charge is 0.467 e. The molecule has 2 aromatic rings. The fraction of sp³-hybridized carbons (Fsp3) is 0.562. The molecule has 0 atom stereocenters. The molecule has 25 heavy (non-hydrogen) atoms. The highest BCUT2D eigenvalue weighted by molar-refractivity contribution is 14.0. The lowest BCUT2D eigenvalue weighted by molar-refractivity contribution is 0.511. The van der Waals surface area contributed by atoms with Crippen LogP contribution < -0.4 is 10.6 Å². The molecule has 0 radical (unpaired) electrons. The molecule has 0 amide bonds. The van der Waals surface area contributed by atoms with Crippen molar-refractivity contribution in [3.05, 3.63) is 36.3 Å². The van der Waals surface area contributed by atoms with Crippen LogP contribution >= 0.6 is 35.7 Å². The van der Waals surface area contributed by atoms with Crippen molar-refractivity contribution in [1.82, 2.24) is 25.4 Å². The molecular formula is C16H27IN6OS. The van der Waals surface area contributed by atoms with Gasteiger partial charge in [-0.25, -0.2) is 4.99 Å². The van der Waals surface area contributed by atoms with Crippen molar-refractivity contribution in [2.45, 2.75) is 32.9 Å². The van der Waals surface area contributed by atoms with E-state index in [0.29, 0.717) is 6.54 Å². The van der Waals surface area contributed by atoms with E-state index in [1.54, 1.807) is 12.6 Å². The summed E-state index contributed by atoms with van der Waals surface area (Å²) < 4.78 is 7.39. The second-order valence-corrected chi connectivity index (χ2v) is 6.22. The van der Waals surface area contributed by atoms with Gasteiger partial charge in [0.25, 0.3) is 0 Å². The second kappa shape index (κ2) is 13.0. The lowest BCUT2D eigenvalue weighted by atomic mass is 10.4. The van der Waals surface area contributed by atoms with Crippen LogP contribution in [0, 0.1) is 0 Å². The van der Waals surface area contributed by atoms with Crippen LogP contribution in [0.5, 0.6) is 0 Å². The lowest BCUT2D eigenvalue weighted by Gasteiger charge is -2.13. The molecule has 2 aromatic heterocycles. The monoisotopic (exact) mass is 478 g/mol. The Bertz CT molecular complexity index is 602. The summed E-state index contributed by atoms with van der Waals surface area (Å²) in [5.41, 5.74) is 0. The molecule has 0 saturated carbocycles. The zero-order chi connectivity index (χ0) is 17.0. The molecule has 0 bridgehead atoms. The van der Waals surface area contributed by atoms with Gasteiger partial charge >= 0.3 is 0 Å². The van der Waals surface area contributed by atoms with Gasteiger partial charge in [0.2, 0.25) is 0 Å². The molecule has 0 aliphatic carbocycles. The van der Waals surface area contributed by atoms with Crippen LogP contribution in [0.3, 0.4) is 0 Å². The minimum Gasteiger partial charge on any atom is -0.467 e. The molecule has 0 saturated heterocycles. The Labute approximate surface area is 170 Å². The third-order valence-electron chi connectivity index (χ3n) is 3.45. The summed E-state index contributed by atoms with van der Waals surface area (Å²) in [7, 11) is 0. The molecular weight excluding hydrogens is 451 g/mol. The van der Waals surface area contributed by atoms with E-state index < -0.39 is 0 Å². The van der Waals surface area contributed by atoms with E-state index in [9.17, 15) is 0 Å². The number of aliphatic imine (C=N–C) groups is 1. The van der Waals surface area contributed by atoms with Crippen molar-refractivity contribution in [3.63, 3.8) is 0 Å². The highest BCUT2D eigenvalue weighted by atomic mass is 127. The van der Waals surface area contributed by atoms with Gasteiger partial charge in [-0.1, -0.05) is 6.92 Å². The number of guanidine groups is 1. The fourth-order valence-electron chi connectivity index (χ4n) is 2.19. The number of aromatic nitrogens is 3. The molecule has 2 rings (SSSR count). The molecule has 0 aliphatic rings. The van der Waals surface area contributed by atoms with Crippen LogP contribution in [0.4, 0.5) is 0 Å². The molecule has 9 heteroatoms. The second-order valence-electron chi connectivity index (χ2n) is 5.24. The van der Waals surface area contributed by atoms with Crippen molar-refractivity contribution >= 4 is 41.7 Å². The predicted octanol–water partition coefficient (Wildman–Crippen LogP) is 2.54. The Hall–Kier alpha value is -1.23. The standard InChI is InChI=1S/C16H26N6OS.HI/c1-3-15-21-20-13-22(15)9-8-18-16(17-7-5-11-24-2)19-12-14-6-4-10-23-14;/h4,6,10,13H,3,5,7-9,11-12H2,1-2H3,(H2,17,18,19);1H. The molecule has 0 aliphatic heterocycles. The van der Waals surface area contributed by atoms with E-state index in [0.717, 1.165) is 55.8 Å². The number of hydrogen-bond acceptors (Lipinski definition) is 5. The van der Waals surface area contributed by atoms with Gasteiger partial charge in [0.1, 0.15) is 24.5 Å². The Morgan fingerprint density at radius 2 is 2.20 bits per heavy atom. The summed E-state index contributed by atoms with van der Waals surface area (Å²) in [6.45, 7) is 5.08. The number of halogens is 1. The van der Waals surface area contributed by atoms with E-state index in [-0.39, 0.29) is 24.0 Å². The molecule has 0 aromatic carbocycles. The van der Waals surface area contributed by atoms with Gasteiger partial charge in [0.15, 0.2) is 5.96 Å². The van der Waals surface area contributed by atoms with E-state index in [1.165, 1.54) is 0 Å². The summed E-state index contributed by atoms with van der Waals surface area (Å²) in [5.74, 6) is 3.80. The number of thioether (sulfide) groups is 1. The Balaban J connectivity index is 0.00000312. The van der Waals surface area contributed by atoms with E-state index in [4.69, 9.17) is 4.42 Å². The van der Waals surface area contributed by atoms with Crippen LogP contribution in [-0.4, -0.2) is 45.8 Å². The Kier molecular flexibility index (Phi) is 11.4. The lowest BCUT2D eigenvalue weighted by Crippen LogP contribution is -2.39. The summed E-state index contributed by atoms with van der Waals surface area (Å²) in [6, 6.07) is 3.81. The van der Waals surface area contributed by atoms with Gasteiger partial charge in [0.05, 0.1) is 6.26 Å². The topological polar surface area (TPSA) is 80.3 Å². The number of nitrogens with one attached hydrogen (secondary N) is 2. The van der Waals surface area contributed by atoms with E-state index in [2.05, 4.69) is 43.6 Å². The SMILES string of the molecule is CCc1nncn1CCNC(=NCc1ccco1)NCCCSC.I. The molecule has 140 valence electrons. The van der Waals surface area contributed by atoms with Gasteiger partial charge in [-0.2, -0.15) is 11.8 Å². The summed E-state index contributed by atoms with van der Waals surface area (Å²) in [5, 5.41) is 14.8. The highest BCUT2D eigenvalue weighted by Crippen LogP contribution is 2.01. The zero-order valence-corrected chi connectivity index (χ0v) is 17.9. The van der Waals surface area contributed by atoms with Crippen LogP contribution in [0.1, 0.15) is 24.9 Å². The highest BCUT2D eigenvalue weighted by Gasteiger charge is 2.03. The normalized spacial score (nSPS) is 11.2. The maximum absolute atomic E-state index is 5.33. The number of nitrogens with zero attached hydrogens (tertiary/aromatic N) is 4. The molecule has 0 spiro atoms. The molecule has 0 fully saturated rings. The minimum atomic E-state index is 0. The third kappa shape index (κ3) is 8.13. The third-order valence-corrected chi connectivity index (χ3v) is 4.14. The number of aryl methyl sites for hydroxylation is 1. The van der Waals surface area contributed by atoms with Crippen LogP contribution in [0.15, 0.2) is 34.1 Å². The summed E-state index contributed by atoms with van der Waals surface area (Å²) >= 11 is 1.85. The molecule has 2 heterocycles. The predicted molar refractivity (Wildman–Crippen MR) is 114 cm³/mol. The fourth-order valence-corrected chi connectivity index (χ4v) is 2.62. The average molecular weight is 478 g/mol. The Morgan fingerprint density at radius 1 is 1.36 bits per heavy atom. The van der Waals surface area contributed by atoms with Crippen molar-refractivity contribution in [2.24, 2.45) is 4.99 Å². The van der Waals surface area contributed by atoms with Crippen molar-refractivity contribution in [3.8, 4) is 0 Å². The number of hydrogen-bond donors (Lipinski definition) is 2. The zero-order valence-electron chi connectivity index (χ0n) is 14.8. The van der Waals surface area contributed by atoms with Gasteiger partial charge < -0.3 is 19.6 Å². The van der Waals surface area contributed by atoms with Crippen LogP contribution in [0.25, 0.3) is 0 Å². The average Bonchev–Trinajstić information content (AvgIpc) is 3.27. The van der Waals surface area contributed by atoms with Gasteiger partial charge in [-0.15, -0.1) is 34.2 Å². The van der Waals surface area contributed by atoms with E-state index >= 15 is 0 Å². The van der Waals surface area contributed by atoms with Gasteiger partial charge in [0, 0.05) is 26.1 Å². The van der Waals surface area contributed by atoms with Crippen molar-refractivity contribution in [1.29, 1.82) is 0 Å². The molecule has 2 N–H and O–H groups in total. The van der Waals surface area contributed by atoms with Gasteiger partial charge in [-0.3, -0.25) is 0 Å². The van der Waals surface area contributed by atoms with Crippen molar-refractivity contribution in [2.75, 3.05) is 25.1 Å².